The van der Waals surface area contributed by atoms with Crippen molar-refractivity contribution in [1.82, 2.24) is 19.9 Å². The van der Waals surface area contributed by atoms with Crippen LogP contribution in [0.15, 0.2) is 18.6 Å². The van der Waals surface area contributed by atoms with E-state index in [4.69, 9.17) is 0 Å². The zero-order valence-electron chi connectivity index (χ0n) is 13.4. The number of rotatable bonds is 5. The van der Waals surface area contributed by atoms with Crippen LogP contribution in [0.3, 0.4) is 0 Å². The van der Waals surface area contributed by atoms with Gasteiger partial charge in [-0.1, -0.05) is 0 Å². The van der Waals surface area contributed by atoms with Gasteiger partial charge in [-0.05, 0) is 0 Å². The fourth-order valence-corrected chi connectivity index (χ4v) is 3.65. The van der Waals surface area contributed by atoms with E-state index in [9.17, 15) is 18.0 Å². The quantitative estimate of drug-likeness (QED) is 0.874. The summed E-state index contributed by atoms with van der Waals surface area (Å²) in [4.78, 5) is 25.0. The molecule has 1 unspecified atom stereocenters. The van der Waals surface area contributed by atoms with Crippen molar-refractivity contribution in [3.8, 4) is 0 Å². The Hall–Kier alpha value is -2.07. The number of amides is 1. The molecule has 2 aromatic rings. The number of alkyl halides is 2. The van der Waals surface area contributed by atoms with Crippen LogP contribution in [0.25, 0.3) is 0 Å². The molecule has 1 amide bonds. The van der Waals surface area contributed by atoms with Crippen LogP contribution in [0.4, 0.5) is 18.3 Å². The Labute approximate surface area is 146 Å². The first-order valence-corrected chi connectivity index (χ1v) is 8.42. The molecule has 1 saturated heterocycles. The molecule has 134 valence electrons. The van der Waals surface area contributed by atoms with Gasteiger partial charge in [0.2, 0.25) is 5.91 Å². The highest BCUT2D eigenvalue weighted by Gasteiger charge is 2.48. The van der Waals surface area contributed by atoms with Crippen molar-refractivity contribution >= 4 is 22.4 Å². The molecule has 3 heterocycles. The SMILES string of the molecule is CC(=O)Nc1ncc(CN2CC(Cc3ncc(F)cn3)C(F)(F)C2)s1. The number of hydrogen-bond donors (Lipinski definition) is 1. The average Bonchev–Trinajstić information content (AvgIpc) is 3.05. The van der Waals surface area contributed by atoms with Gasteiger partial charge in [-0.2, -0.15) is 0 Å². The second-order valence-corrected chi connectivity index (χ2v) is 7.08. The zero-order chi connectivity index (χ0) is 18.0. The molecule has 1 fully saturated rings. The molecule has 1 N–H and O–H groups in total. The molecule has 25 heavy (non-hydrogen) atoms. The Morgan fingerprint density at radius 2 is 2.08 bits per heavy atom. The van der Waals surface area contributed by atoms with Gasteiger partial charge < -0.3 is 5.32 Å². The topological polar surface area (TPSA) is 71.0 Å². The number of anilines is 1. The third kappa shape index (κ3) is 4.51. The first kappa shape index (κ1) is 17.7. The summed E-state index contributed by atoms with van der Waals surface area (Å²) in [5.74, 6) is -4.42. The molecule has 10 heteroatoms. The Morgan fingerprint density at radius 3 is 2.76 bits per heavy atom. The molecule has 1 aliphatic heterocycles. The van der Waals surface area contributed by atoms with E-state index < -0.39 is 17.7 Å². The summed E-state index contributed by atoms with van der Waals surface area (Å²) in [6, 6.07) is 0. The van der Waals surface area contributed by atoms with Gasteiger partial charge in [0.1, 0.15) is 5.82 Å². The molecule has 6 nitrogen and oxygen atoms in total. The van der Waals surface area contributed by atoms with Gasteiger partial charge in [-0.25, -0.2) is 28.1 Å². The van der Waals surface area contributed by atoms with Crippen LogP contribution in [-0.4, -0.2) is 44.8 Å². The summed E-state index contributed by atoms with van der Waals surface area (Å²) in [5, 5.41) is 3.02. The third-order valence-electron chi connectivity index (χ3n) is 3.83. The van der Waals surface area contributed by atoms with Crippen molar-refractivity contribution in [2.45, 2.75) is 25.8 Å². The van der Waals surface area contributed by atoms with E-state index in [1.54, 1.807) is 11.1 Å². The maximum absolute atomic E-state index is 14.3. The number of carbonyl (C=O) groups is 1. The second kappa shape index (κ2) is 7.04. The molecule has 2 aromatic heterocycles. The lowest BCUT2D eigenvalue weighted by atomic mass is 10.0. The molecule has 0 bridgehead atoms. The lowest BCUT2D eigenvalue weighted by molar-refractivity contribution is -0.114. The molecular weight excluding hydrogens is 355 g/mol. The number of nitrogens with one attached hydrogen (secondary N) is 1. The number of likely N-dealkylation sites (tertiary alicyclic amines) is 1. The highest BCUT2D eigenvalue weighted by Crippen LogP contribution is 2.36. The lowest BCUT2D eigenvalue weighted by Crippen LogP contribution is -2.29. The Morgan fingerprint density at radius 1 is 1.36 bits per heavy atom. The Bertz CT molecular complexity index is 752. The van der Waals surface area contributed by atoms with Gasteiger partial charge in [0.05, 0.1) is 18.9 Å². The number of thiazole rings is 1. The van der Waals surface area contributed by atoms with E-state index in [0.29, 0.717) is 11.7 Å². The van der Waals surface area contributed by atoms with Crippen LogP contribution < -0.4 is 5.32 Å². The van der Waals surface area contributed by atoms with Crippen LogP contribution in [0, 0.1) is 11.7 Å². The van der Waals surface area contributed by atoms with Crippen LogP contribution in [0.1, 0.15) is 17.6 Å². The summed E-state index contributed by atoms with van der Waals surface area (Å²) in [6.07, 6.45) is 3.52. The molecule has 0 aromatic carbocycles. The minimum Gasteiger partial charge on any atom is -0.302 e. The number of nitrogens with zero attached hydrogens (tertiary/aromatic N) is 4. The van der Waals surface area contributed by atoms with Crippen LogP contribution in [0.5, 0.6) is 0 Å². The fourth-order valence-electron chi connectivity index (χ4n) is 2.75. The number of hydrogen-bond acceptors (Lipinski definition) is 6. The Kier molecular flexibility index (Phi) is 5.00. The van der Waals surface area contributed by atoms with Gasteiger partial charge in [0.15, 0.2) is 10.9 Å². The first-order valence-electron chi connectivity index (χ1n) is 7.61. The summed E-state index contributed by atoms with van der Waals surface area (Å²) in [7, 11) is 0. The molecule has 0 radical (unpaired) electrons. The number of aromatic nitrogens is 3. The highest BCUT2D eigenvalue weighted by molar-refractivity contribution is 7.15. The normalized spacial score (nSPS) is 19.9. The lowest BCUT2D eigenvalue weighted by Gasteiger charge is -2.16. The smallest absolute Gasteiger partial charge is 0.264 e. The predicted octanol–water partition coefficient (Wildman–Crippen LogP) is 2.34. The fraction of sp³-hybridized carbons (Fsp3) is 0.467. The minimum atomic E-state index is -2.87. The van der Waals surface area contributed by atoms with Crippen molar-refractivity contribution in [3.63, 3.8) is 0 Å². The van der Waals surface area contributed by atoms with Gasteiger partial charge >= 0.3 is 0 Å². The summed E-state index contributed by atoms with van der Waals surface area (Å²) in [6.45, 7) is 1.52. The summed E-state index contributed by atoms with van der Waals surface area (Å²) >= 11 is 1.26. The van der Waals surface area contributed by atoms with E-state index >= 15 is 0 Å². The average molecular weight is 371 g/mol. The number of carbonyl (C=O) groups excluding carboxylic acids is 1. The molecular formula is C15H16F3N5OS. The van der Waals surface area contributed by atoms with Crippen LogP contribution >= 0.6 is 11.3 Å². The zero-order valence-corrected chi connectivity index (χ0v) is 14.2. The molecule has 1 aliphatic rings. The summed E-state index contributed by atoms with van der Waals surface area (Å²) in [5.41, 5.74) is 0. The maximum atomic E-state index is 14.3. The monoisotopic (exact) mass is 371 g/mol. The molecule has 3 rings (SSSR count). The highest BCUT2D eigenvalue weighted by atomic mass is 32.1. The largest absolute Gasteiger partial charge is 0.302 e. The third-order valence-corrected chi connectivity index (χ3v) is 4.73. The Balaban J connectivity index is 1.62. The van der Waals surface area contributed by atoms with E-state index in [1.165, 1.54) is 18.3 Å². The van der Waals surface area contributed by atoms with Crippen molar-refractivity contribution < 1.29 is 18.0 Å². The molecule has 0 aliphatic carbocycles. The van der Waals surface area contributed by atoms with Crippen molar-refractivity contribution in [1.29, 1.82) is 0 Å². The van der Waals surface area contributed by atoms with Crippen LogP contribution in [0.2, 0.25) is 0 Å². The predicted molar refractivity (Wildman–Crippen MR) is 85.8 cm³/mol. The summed E-state index contributed by atoms with van der Waals surface area (Å²) < 4.78 is 41.4. The second-order valence-electron chi connectivity index (χ2n) is 5.96. The number of halogens is 3. The maximum Gasteiger partial charge on any atom is 0.264 e. The van der Waals surface area contributed by atoms with E-state index in [0.717, 1.165) is 17.3 Å². The minimum absolute atomic E-state index is 0.0103. The van der Waals surface area contributed by atoms with Gasteiger partial charge in [0.25, 0.3) is 5.92 Å². The van der Waals surface area contributed by atoms with Crippen molar-refractivity contribution in [3.05, 3.63) is 35.1 Å². The van der Waals surface area contributed by atoms with Gasteiger partial charge in [-0.3, -0.25) is 9.69 Å². The molecule has 1 atom stereocenters. The molecule has 0 saturated carbocycles. The van der Waals surface area contributed by atoms with Gasteiger partial charge in [-0.15, -0.1) is 11.3 Å². The molecule has 0 spiro atoms. The van der Waals surface area contributed by atoms with E-state index in [1.807, 2.05) is 0 Å². The first-order chi connectivity index (χ1) is 11.8. The van der Waals surface area contributed by atoms with Crippen LogP contribution in [-0.2, 0) is 17.8 Å². The van der Waals surface area contributed by atoms with E-state index in [-0.39, 0.29) is 31.2 Å². The van der Waals surface area contributed by atoms with Crippen molar-refractivity contribution in [2.24, 2.45) is 5.92 Å². The van der Waals surface area contributed by atoms with Gasteiger partial charge in [0, 0.05) is 43.4 Å². The van der Waals surface area contributed by atoms with Crippen molar-refractivity contribution in [2.75, 3.05) is 18.4 Å². The van der Waals surface area contributed by atoms with E-state index in [2.05, 4.69) is 20.3 Å². The standard InChI is InChI=1S/C15H16F3N5OS/c1-9(24)22-14-21-5-12(25-14)7-23-6-10(15(17,18)8-23)2-13-19-3-11(16)4-20-13/h3-5,10H,2,6-8H2,1H3,(H,21,22,24).